The minimum atomic E-state index is -3.79. The molecule has 32 heavy (non-hydrogen) atoms. The minimum absolute atomic E-state index is 0.0376. The number of ether oxygens (including phenoxy) is 2. The van der Waals surface area contributed by atoms with Crippen LogP contribution in [-0.4, -0.2) is 55.9 Å². The zero-order chi connectivity index (χ0) is 22.7. The van der Waals surface area contributed by atoms with Gasteiger partial charge in [-0.15, -0.1) is 10.2 Å². The van der Waals surface area contributed by atoms with Gasteiger partial charge in [0.2, 0.25) is 10.0 Å². The highest BCUT2D eigenvalue weighted by Gasteiger charge is 2.29. The van der Waals surface area contributed by atoms with Crippen molar-refractivity contribution in [2.24, 2.45) is 10.2 Å². The number of nitrogen functional groups attached to an aromatic ring is 1. The van der Waals surface area contributed by atoms with Crippen molar-refractivity contribution < 1.29 is 17.9 Å². The summed E-state index contributed by atoms with van der Waals surface area (Å²) in [6, 6.07) is 14.0. The first-order valence-corrected chi connectivity index (χ1v) is 11.4. The van der Waals surface area contributed by atoms with E-state index in [9.17, 15) is 8.42 Å². The second-order valence-electron chi connectivity index (χ2n) is 7.12. The Morgan fingerprint density at radius 2 is 1.81 bits per heavy atom. The van der Waals surface area contributed by atoms with Crippen molar-refractivity contribution in [2.75, 3.05) is 39.1 Å². The summed E-state index contributed by atoms with van der Waals surface area (Å²) in [7, 11) is -2.29. The van der Waals surface area contributed by atoms with Gasteiger partial charge < -0.3 is 15.2 Å². The van der Waals surface area contributed by atoms with Crippen LogP contribution in [0.4, 0.5) is 17.2 Å². The number of hydrogen-bond donors (Lipinski definition) is 1. The molecule has 1 fully saturated rings. The van der Waals surface area contributed by atoms with Gasteiger partial charge in [-0.25, -0.2) is 13.1 Å². The number of hydrogen-bond acceptors (Lipinski definition) is 8. The molecule has 11 heteroatoms. The molecule has 3 aromatic rings. The Bertz CT molecular complexity index is 1230. The van der Waals surface area contributed by atoms with Gasteiger partial charge in [0.05, 0.1) is 31.7 Å². The van der Waals surface area contributed by atoms with Crippen LogP contribution in [0.15, 0.2) is 63.7 Å². The highest BCUT2D eigenvalue weighted by atomic mass is 32.2. The van der Waals surface area contributed by atoms with E-state index in [1.54, 1.807) is 17.7 Å². The van der Waals surface area contributed by atoms with Crippen LogP contribution >= 0.6 is 0 Å². The highest BCUT2D eigenvalue weighted by molar-refractivity contribution is 7.89. The van der Waals surface area contributed by atoms with Crippen LogP contribution in [0.25, 0.3) is 5.69 Å². The Balaban J connectivity index is 1.74. The number of sulfonamides is 1. The molecule has 2 heterocycles. The van der Waals surface area contributed by atoms with Crippen LogP contribution in [0.1, 0.15) is 5.69 Å². The molecule has 0 bridgehead atoms. The molecule has 4 rings (SSSR count). The molecule has 168 valence electrons. The third-order valence-corrected chi connectivity index (χ3v) is 7.02. The van der Waals surface area contributed by atoms with Gasteiger partial charge in [0.25, 0.3) is 0 Å². The molecule has 0 saturated carbocycles. The number of anilines is 1. The van der Waals surface area contributed by atoms with E-state index in [0.29, 0.717) is 36.2 Å². The number of aryl methyl sites for hydroxylation is 1. The van der Waals surface area contributed by atoms with E-state index < -0.39 is 10.0 Å². The molecule has 2 N–H and O–H groups in total. The predicted octanol–water partition coefficient (Wildman–Crippen LogP) is 3.21. The van der Waals surface area contributed by atoms with Crippen molar-refractivity contribution in [2.45, 2.75) is 11.8 Å². The van der Waals surface area contributed by atoms with E-state index in [0.717, 1.165) is 5.69 Å². The maximum Gasteiger partial charge on any atom is 0.245 e. The van der Waals surface area contributed by atoms with Crippen LogP contribution in [-0.2, 0) is 14.8 Å². The van der Waals surface area contributed by atoms with E-state index in [2.05, 4.69) is 15.3 Å². The lowest BCUT2D eigenvalue weighted by Gasteiger charge is -2.26. The van der Waals surface area contributed by atoms with Crippen molar-refractivity contribution >= 4 is 27.2 Å². The monoisotopic (exact) mass is 456 g/mol. The first-order chi connectivity index (χ1) is 15.4. The lowest BCUT2D eigenvalue weighted by atomic mass is 10.3. The van der Waals surface area contributed by atoms with Crippen LogP contribution in [0.3, 0.4) is 0 Å². The van der Waals surface area contributed by atoms with Gasteiger partial charge >= 0.3 is 0 Å². The van der Waals surface area contributed by atoms with Gasteiger partial charge in [0.1, 0.15) is 16.3 Å². The van der Waals surface area contributed by atoms with Crippen LogP contribution in [0.2, 0.25) is 0 Å². The van der Waals surface area contributed by atoms with Crippen molar-refractivity contribution in [3.8, 4) is 11.4 Å². The summed E-state index contributed by atoms with van der Waals surface area (Å²) in [5, 5.41) is 13.0. The minimum Gasteiger partial charge on any atom is -0.497 e. The summed E-state index contributed by atoms with van der Waals surface area (Å²) in [6.45, 7) is 3.02. The Hall–Kier alpha value is -3.28. The van der Waals surface area contributed by atoms with E-state index >= 15 is 0 Å². The molecule has 1 saturated heterocycles. The molecular weight excluding hydrogens is 432 g/mol. The number of rotatable bonds is 6. The molecule has 10 nitrogen and oxygen atoms in total. The first kappa shape index (κ1) is 21.9. The average Bonchev–Trinajstić information content (AvgIpc) is 3.11. The lowest BCUT2D eigenvalue weighted by Crippen LogP contribution is -2.40. The average molecular weight is 457 g/mol. The van der Waals surface area contributed by atoms with Gasteiger partial charge in [0.15, 0.2) is 11.5 Å². The van der Waals surface area contributed by atoms with Gasteiger partial charge in [-0.3, -0.25) is 0 Å². The number of aromatic nitrogens is 2. The summed E-state index contributed by atoms with van der Waals surface area (Å²) in [5.41, 5.74) is 8.15. The molecule has 1 aromatic heterocycles. The zero-order valence-corrected chi connectivity index (χ0v) is 18.6. The summed E-state index contributed by atoms with van der Waals surface area (Å²) in [5.74, 6) is 0.766. The summed E-state index contributed by atoms with van der Waals surface area (Å²) >= 11 is 0. The fourth-order valence-corrected chi connectivity index (χ4v) is 4.89. The smallest absolute Gasteiger partial charge is 0.245 e. The first-order valence-electron chi connectivity index (χ1n) is 10.00. The largest absolute Gasteiger partial charge is 0.497 e. The second kappa shape index (κ2) is 9.07. The van der Waals surface area contributed by atoms with Gasteiger partial charge in [-0.2, -0.15) is 9.40 Å². The zero-order valence-electron chi connectivity index (χ0n) is 17.8. The van der Waals surface area contributed by atoms with E-state index in [1.807, 2.05) is 30.3 Å². The number of nitrogens with zero attached hydrogens (tertiary/aromatic N) is 5. The molecule has 0 radical (unpaired) electrons. The van der Waals surface area contributed by atoms with Crippen molar-refractivity contribution in [3.63, 3.8) is 0 Å². The van der Waals surface area contributed by atoms with E-state index in [4.69, 9.17) is 15.2 Å². The topological polar surface area (TPSA) is 124 Å². The number of nitrogens with two attached hydrogens (primary N) is 1. The Morgan fingerprint density at radius 3 is 2.50 bits per heavy atom. The van der Waals surface area contributed by atoms with Crippen molar-refractivity contribution in [3.05, 3.63) is 54.2 Å². The van der Waals surface area contributed by atoms with E-state index in [-0.39, 0.29) is 23.7 Å². The molecular formula is C21H24N6O4S. The predicted molar refractivity (Wildman–Crippen MR) is 119 cm³/mol. The molecule has 0 spiro atoms. The second-order valence-corrected chi connectivity index (χ2v) is 9.02. The standard InChI is InChI=1S/C21H24N6O4S/c1-15-20(21(22)27(25-15)16-6-4-3-5-7-16)24-23-18-14-17(30-2)8-9-19(18)32(28,29)26-10-12-31-13-11-26/h3-9,14H,10-13,22H2,1-2H3. The Labute approximate surface area is 186 Å². The quantitative estimate of drug-likeness (QED) is 0.568. The maximum absolute atomic E-state index is 13.2. The SMILES string of the molecule is COc1ccc(S(=O)(=O)N2CCOCC2)c(N=Nc2c(C)nn(-c3ccccc3)c2N)c1. The number of morpholine rings is 1. The van der Waals surface area contributed by atoms with Crippen LogP contribution < -0.4 is 10.5 Å². The molecule has 0 amide bonds. The third-order valence-electron chi connectivity index (χ3n) is 5.08. The molecule has 1 aliphatic rings. The van der Waals surface area contributed by atoms with Gasteiger partial charge in [-0.05, 0) is 31.2 Å². The number of azo groups is 1. The summed E-state index contributed by atoms with van der Waals surface area (Å²) < 4.78 is 39.9. The highest BCUT2D eigenvalue weighted by Crippen LogP contribution is 2.35. The van der Waals surface area contributed by atoms with Crippen LogP contribution in [0.5, 0.6) is 5.75 Å². The summed E-state index contributed by atoms with van der Waals surface area (Å²) in [4.78, 5) is 0.0376. The molecule has 0 unspecified atom stereocenters. The molecule has 0 atom stereocenters. The number of methoxy groups -OCH3 is 1. The number of para-hydroxylation sites is 1. The van der Waals surface area contributed by atoms with E-state index in [1.165, 1.54) is 23.5 Å². The normalized spacial score (nSPS) is 15.3. The number of benzene rings is 2. The van der Waals surface area contributed by atoms with Crippen molar-refractivity contribution in [1.29, 1.82) is 0 Å². The molecule has 2 aromatic carbocycles. The van der Waals surface area contributed by atoms with Gasteiger partial charge in [0, 0.05) is 19.2 Å². The Morgan fingerprint density at radius 1 is 1.09 bits per heavy atom. The maximum atomic E-state index is 13.2. The summed E-state index contributed by atoms with van der Waals surface area (Å²) in [6.07, 6.45) is 0. The fraction of sp³-hybridized carbons (Fsp3) is 0.286. The molecule has 0 aliphatic carbocycles. The van der Waals surface area contributed by atoms with Crippen molar-refractivity contribution in [1.82, 2.24) is 14.1 Å². The fourth-order valence-electron chi connectivity index (χ4n) is 3.38. The van der Waals surface area contributed by atoms with Crippen LogP contribution in [0, 0.1) is 6.92 Å². The third kappa shape index (κ3) is 4.22. The Kier molecular flexibility index (Phi) is 6.21. The van der Waals surface area contributed by atoms with Gasteiger partial charge in [-0.1, -0.05) is 18.2 Å². The lowest BCUT2D eigenvalue weighted by molar-refractivity contribution is 0.0730. The molecule has 1 aliphatic heterocycles.